The molecule has 9 heteroatoms. The summed E-state index contributed by atoms with van der Waals surface area (Å²) in [7, 11) is 0. The molecule has 4 amide bonds. The monoisotopic (exact) mass is 449 g/mol. The molecular formula is C24H23N3O6. The molecule has 1 unspecified atom stereocenters. The summed E-state index contributed by atoms with van der Waals surface area (Å²) in [5.41, 5.74) is 2.27. The van der Waals surface area contributed by atoms with E-state index in [0.717, 1.165) is 10.5 Å². The lowest BCUT2D eigenvalue weighted by atomic mass is 9.96. The van der Waals surface area contributed by atoms with Gasteiger partial charge in [0.15, 0.2) is 0 Å². The molecule has 0 saturated heterocycles. The molecule has 33 heavy (non-hydrogen) atoms. The quantitative estimate of drug-likeness (QED) is 0.363. The van der Waals surface area contributed by atoms with Crippen LogP contribution in [0, 0.1) is 0 Å². The van der Waals surface area contributed by atoms with Gasteiger partial charge in [-0.3, -0.25) is 14.5 Å². The number of rotatable bonds is 8. The Morgan fingerprint density at radius 2 is 1.55 bits per heavy atom. The predicted molar refractivity (Wildman–Crippen MR) is 117 cm³/mol. The van der Waals surface area contributed by atoms with E-state index in [0.29, 0.717) is 22.4 Å². The number of nitrogens with zero attached hydrogens (tertiary/aromatic N) is 1. The zero-order valence-corrected chi connectivity index (χ0v) is 18.0. The van der Waals surface area contributed by atoms with Crippen molar-refractivity contribution in [1.29, 1.82) is 0 Å². The van der Waals surface area contributed by atoms with Crippen molar-refractivity contribution in [2.24, 2.45) is 0 Å². The first-order chi connectivity index (χ1) is 16.0. The summed E-state index contributed by atoms with van der Waals surface area (Å²) >= 11 is 0. The number of carbonyl (C=O) groups excluding carboxylic acids is 4. The second-order valence-corrected chi connectivity index (χ2v) is 7.54. The largest absolute Gasteiger partial charge is 0.460 e. The molecule has 1 atom stereocenters. The predicted octanol–water partition coefficient (Wildman–Crippen LogP) is 2.17. The number of ether oxygens (including phenoxy) is 2. The summed E-state index contributed by atoms with van der Waals surface area (Å²) in [6.07, 6.45) is 0. The highest BCUT2D eigenvalue weighted by Gasteiger charge is 2.35. The minimum atomic E-state index is -0.623. The normalized spacial score (nSPS) is 17.5. The van der Waals surface area contributed by atoms with Gasteiger partial charge in [0.05, 0.1) is 42.5 Å². The van der Waals surface area contributed by atoms with Gasteiger partial charge in [-0.2, -0.15) is 0 Å². The Balaban J connectivity index is 1.26. The number of imide groups is 1. The van der Waals surface area contributed by atoms with Crippen LogP contribution in [0.4, 0.5) is 4.79 Å². The Morgan fingerprint density at radius 3 is 2.21 bits per heavy atom. The Labute approximate surface area is 190 Å². The van der Waals surface area contributed by atoms with Crippen molar-refractivity contribution in [2.45, 2.75) is 13.0 Å². The van der Waals surface area contributed by atoms with Gasteiger partial charge in [-0.25, -0.2) is 9.59 Å². The molecule has 4 rings (SSSR count). The summed E-state index contributed by atoms with van der Waals surface area (Å²) in [5.74, 6) is -1.25. The molecule has 0 fully saturated rings. The summed E-state index contributed by atoms with van der Waals surface area (Å²) < 4.78 is 10.8. The molecule has 2 aliphatic heterocycles. The van der Waals surface area contributed by atoms with Crippen LogP contribution in [0.1, 0.15) is 39.2 Å². The Hall–Kier alpha value is -3.98. The average molecular weight is 449 g/mol. The highest BCUT2D eigenvalue weighted by molar-refractivity contribution is 6.21. The SMILES string of the molecule is CC1=C(C(=O)OCCOCCN2C(=O)c3ccccc3C2=O)C(c2ccccc2)NC(=O)N1. The number of nitrogens with one attached hydrogen (secondary N) is 2. The lowest BCUT2D eigenvalue weighted by Crippen LogP contribution is -2.45. The van der Waals surface area contributed by atoms with E-state index < -0.39 is 18.0 Å². The van der Waals surface area contributed by atoms with E-state index in [4.69, 9.17) is 9.47 Å². The van der Waals surface area contributed by atoms with Crippen LogP contribution in [0.25, 0.3) is 0 Å². The third-order valence-electron chi connectivity index (χ3n) is 5.42. The molecule has 2 aliphatic rings. The average Bonchev–Trinajstić information content (AvgIpc) is 3.06. The Bertz CT molecular complexity index is 1090. The van der Waals surface area contributed by atoms with E-state index in [-0.39, 0.29) is 38.2 Å². The van der Waals surface area contributed by atoms with Crippen LogP contribution in [-0.2, 0) is 14.3 Å². The van der Waals surface area contributed by atoms with Crippen molar-refractivity contribution in [3.63, 3.8) is 0 Å². The van der Waals surface area contributed by atoms with Gasteiger partial charge in [0.25, 0.3) is 11.8 Å². The number of carbonyl (C=O) groups is 4. The van der Waals surface area contributed by atoms with Crippen LogP contribution < -0.4 is 10.6 Å². The number of esters is 1. The fourth-order valence-electron chi connectivity index (χ4n) is 3.83. The molecule has 2 aromatic carbocycles. The molecule has 0 saturated carbocycles. The third-order valence-corrected chi connectivity index (χ3v) is 5.42. The van der Waals surface area contributed by atoms with Gasteiger partial charge in [-0.05, 0) is 24.6 Å². The molecule has 2 aromatic rings. The van der Waals surface area contributed by atoms with Gasteiger partial charge in [0.1, 0.15) is 6.61 Å². The van der Waals surface area contributed by atoms with Gasteiger partial charge < -0.3 is 20.1 Å². The van der Waals surface area contributed by atoms with E-state index in [2.05, 4.69) is 10.6 Å². The maximum Gasteiger partial charge on any atom is 0.338 e. The zero-order chi connectivity index (χ0) is 23.4. The minimum Gasteiger partial charge on any atom is -0.460 e. The van der Waals surface area contributed by atoms with Crippen LogP contribution in [0.2, 0.25) is 0 Å². The van der Waals surface area contributed by atoms with Crippen molar-refractivity contribution in [3.05, 3.63) is 82.6 Å². The van der Waals surface area contributed by atoms with Crippen molar-refractivity contribution in [2.75, 3.05) is 26.4 Å². The Morgan fingerprint density at radius 1 is 0.909 bits per heavy atom. The number of urea groups is 1. The first-order valence-corrected chi connectivity index (χ1v) is 10.5. The van der Waals surface area contributed by atoms with Crippen LogP contribution in [0.15, 0.2) is 65.9 Å². The van der Waals surface area contributed by atoms with E-state index >= 15 is 0 Å². The highest BCUT2D eigenvalue weighted by atomic mass is 16.6. The summed E-state index contributed by atoms with van der Waals surface area (Å²) in [5, 5.41) is 5.34. The molecule has 9 nitrogen and oxygen atoms in total. The summed E-state index contributed by atoms with van der Waals surface area (Å²) in [4.78, 5) is 50.4. The van der Waals surface area contributed by atoms with E-state index in [1.54, 1.807) is 31.2 Å². The van der Waals surface area contributed by atoms with Crippen molar-refractivity contribution in [1.82, 2.24) is 15.5 Å². The van der Waals surface area contributed by atoms with Crippen LogP contribution >= 0.6 is 0 Å². The molecule has 0 aliphatic carbocycles. The van der Waals surface area contributed by atoms with Crippen LogP contribution in [0.5, 0.6) is 0 Å². The lowest BCUT2D eigenvalue weighted by molar-refractivity contribution is -0.141. The number of amides is 4. The number of fused-ring (bicyclic) bond motifs is 1. The molecule has 2 N–H and O–H groups in total. The van der Waals surface area contributed by atoms with Gasteiger partial charge in [0.2, 0.25) is 0 Å². The maximum atomic E-state index is 12.7. The first kappa shape index (κ1) is 22.2. The maximum absolute atomic E-state index is 12.7. The summed E-state index contributed by atoms with van der Waals surface area (Å²) in [6, 6.07) is 14.8. The van der Waals surface area contributed by atoms with Gasteiger partial charge in [-0.1, -0.05) is 42.5 Å². The summed E-state index contributed by atoms with van der Waals surface area (Å²) in [6.45, 7) is 1.94. The fourth-order valence-corrected chi connectivity index (χ4v) is 3.83. The minimum absolute atomic E-state index is 0.0206. The fraction of sp³-hybridized carbons (Fsp3) is 0.250. The van der Waals surface area contributed by atoms with Crippen LogP contribution in [-0.4, -0.2) is 55.1 Å². The van der Waals surface area contributed by atoms with Crippen molar-refractivity contribution in [3.8, 4) is 0 Å². The van der Waals surface area contributed by atoms with Crippen molar-refractivity contribution < 1.29 is 28.7 Å². The van der Waals surface area contributed by atoms with E-state index in [9.17, 15) is 19.2 Å². The van der Waals surface area contributed by atoms with Crippen molar-refractivity contribution >= 4 is 23.8 Å². The smallest absolute Gasteiger partial charge is 0.338 e. The number of allylic oxidation sites excluding steroid dienone is 1. The molecule has 0 spiro atoms. The second-order valence-electron chi connectivity index (χ2n) is 7.54. The Kier molecular flexibility index (Phi) is 6.50. The van der Waals surface area contributed by atoms with Crippen LogP contribution in [0.3, 0.4) is 0 Å². The highest BCUT2D eigenvalue weighted by Crippen LogP contribution is 2.27. The molecule has 0 aromatic heterocycles. The van der Waals surface area contributed by atoms with E-state index in [1.165, 1.54) is 0 Å². The van der Waals surface area contributed by atoms with Gasteiger partial charge in [-0.15, -0.1) is 0 Å². The molecule has 170 valence electrons. The van der Waals surface area contributed by atoms with E-state index in [1.807, 2.05) is 30.3 Å². The standard InChI is InChI=1S/C24H23N3O6/c1-15-19(20(26-24(31)25-15)16-7-3-2-4-8-16)23(30)33-14-13-32-12-11-27-21(28)17-9-5-6-10-18(17)22(27)29/h2-10,20H,11-14H2,1H3,(H2,25,26,31). The lowest BCUT2D eigenvalue weighted by Gasteiger charge is -2.28. The topological polar surface area (TPSA) is 114 Å². The second kappa shape index (κ2) is 9.66. The number of benzene rings is 2. The number of hydrogen-bond donors (Lipinski definition) is 2. The first-order valence-electron chi connectivity index (χ1n) is 10.5. The molecular weight excluding hydrogens is 426 g/mol. The third kappa shape index (κ3) is 4.63. The molecule has 0 bridgehead atoms. The zero-order valence-electron chi connectivity index (χ0n) is 18.0. The number of hydrogen-bond acceptors (Lipinski definition) is 6. The molecule has 0 radical (unpaired) electrons. The van der Waals surface area contributed by atoms with Gasteiger partial charge in [0, 0.05) is 5.70 Å². The molecule has 2 heterocycles. The van der Waals surface area contributed by atoms with Gasteiger partial charge >= 0.3 is 12.0 Å².